The summed E-state index contributed by atoms with van der Waals surface area (Å²) in [4.78, 5) is 17.5. The second-order valence-corrected chi connectivity index (χ2v) is 6.91. The molecule has 2 amide bonds. The molecule has 0 atom stereocenters. The summed E-state index contributed by atoms with van der Waals surface area (Å²) in [5, 5.41) is 6.34. The van der Waals surface area contributed by atoms with Crippen LogP contribution in [0.4, 0.5) is 14.9 Å². The Morgan fingerprint density at radius 2 is 1.88 bits per heavy atom. The summed E-state index contributed by atoms with van der Waals surface area (Å²) < 4.78 is 13.9. The van der Waals surface area contributed by atoms with Crippen LogP contribution in [0.5, 0.6) is 0 Å². The molecule has 3 aromatic rings. The summed E-state index contributed by atoms with van der Waals surface area (Å²) in [6.45, 7) is 4.25. The van der Waals surface area contributed by atoms with E-state index in [4.69, 9.17) is 0 Å². The lowest BCUT2D eigenvalue weighted by atomic mass is 10.1. The number of nitrogens with one attached hydrogen (secondary N) is 2. The normalized spacial score (nSPS) is 10.6. The van der Waals surface area contributed by atoms with Crippen LogP contribution in [0.2, 0.25) is 0 Å². The molecule has 0 bridgehead atoms. The lowest BCUT2D eigenvalue weighted by Crippen LogP contribution is -2.28. The third-order valence-corrected chi connectivity index (χ3v) is 5.24. The molecule has 6 heteroatoms. The van der Waals surface area contributed by atoms with Crippen molar-refractivity contribution in [2.45, 2.75) is 26.8 Å². The van der Waals surface area contributed by atoms with Crippen molar-refractivity contribution in [2.24, 2.45) is 0 Å². The third kappa shape index (κ3) is 4.08. The molecular formula is C20H20FN3OS. The Morgan fingerprint density at radius 1 is 1.15 bits per heavy atom. The second kappa shape index (κ2) is 8.10. The highest BCUT2D eigenvalue weighted by Gasteiger charge is 2.13. The number of aromatic nitrogens is 1. The van der Waals surface area contributed by atoms with Crippen molar-refractivity contribution in [3.8, 4) is 10.6 Å². The van der Waals surface area contributed by atoms with E-state index in [2.05, 4.69) is 15.6 Å². The average molecular weight is 369 g/mol. The van der Waals surface area contributed by atoms with Gasteiger partial charge < -0.3 is 10.6 Å². The van der Waals surface area contributed by atoms with E-state index in [0.717, 1.165) is 28.2 Å². The second-order valence-electron chi connectivity index (χ2n) is 5.83. The van der Waals surface area contributed by atoms with Gasteiger partial charge >= 0.3 is 6.03 Å². The molecule has 26 heavy (non-hydrogen) atoms. The van der Waals surface area contributed by atoms with Gasteiger partial charge in [-0.25, -0.2) is 14.2 Å². The van der Waals surface area contributed by atoms with Crippen molar-refractivity contribution in [2.75, 3.05) is 5.32 Å². The summed E-state index contributed by atoms with van der Waals surface area (Å²) in [5.74, 6) is -0.297. The van der Waals surface area contributed by atoms with Crippen LogP contribution in [0.3, 0.4) is 0 Å². The maximum absolute atomic E-state index is 13.9. The molecule has 3 rings (SSSR count). The van der Waals surface area contributed by atoms with E-state index in [9.17, 15) is 9.18 Å². The van der Waals surface area contributed by atoms with Gasteiger partial charge in [-0.05, 0) is 37.1 Å². The molecule has 1 aromatic heterocycles. The molecule has 0 fully saturated rings. The number of carbonyl (C=O) groups excluding carboxylic acids is 1. The predicted molar refractivity (Wildman–Crippen MR) is 104 cm³/mol. The molecule has 0 aliphatic rings. The summed E-state index contributed by atoms with van der Waals surface area (Å²) in [7, 11) is 0. The van der Waals surface area contributed by atoms with Crippen molar-refractivity contribution >= 4 is 23.1 Å². The molecule has 0 spiro atoms. The van der Waals surface area contributed by atoms with Gasteiger partial charge in [0.15, 0.2) is 0 Å². The minimum atomic E-state index is -0.297. The van der Waals surface area contributed by atoms with Crippen LogP contribution in [-0.4, -0.2) is 11.0 Å². The molecule has 0 aliphatic carbocycles. The number of carbonyl (C=O) groups is 1. The number of benzene rings is 2. The maximum Gasteiger partial charge on any atom is 0.319 e. The van der Waals surface area contributed by atoms with E-state index in [0.29, 0.717) is 17.1 Å². The fraction of sp³-hybridized carbons (Fsp3) is 0.200. The van der Waals surface area contributed by atoms with Gasteiger partial charge in [-0.2, -0.15) is 0 Å². The van der Waals surface area contributed by atoms with Crippen LogP contribution in [0.25, 0.3) is 10.6 Å². The van der Waals surface area contributed by atoms with E-state index in [-0.39, 0.29) is 11.8 Å². The van der Waals surface area contributed by atoms with Gasteiger partial charge in [0.1, 0.15) is 10.8 Å². The smallest absolute Gasteiger partial charge is 0.319 e. The molecular weight excluding hydrogens is 349 g/mol. The first kappa shape index (κ1) is 18.1. The third-order valence-electron chi connectivity index (χ3n) is 4.05. The number of hydrogen-bond acceptors (Lipinski definition) is 3. The van der Waals surface area contributed by atoms with E-state index >= 15 is 0 Å². The number of hydrogen-bond donors (Lipinski definition) is 2. The zero-order valence-electron chi connectivity index (χ0n) is 14.7. The number of thiazole rings is 1. The molecule has 4 nitrogen and oxygen atoms in total. The van der Waals surface area contributed by atoms with Crippen molar-refractivity contribution in [1.82, 2.24) is 10.3 Å². The van der Waals surface area contributed by atoms with Crippen LogP contribution >= 0.6 is 11.3 Å². The topological polar surface area (TPSA) is 54.0 Å². The maximum atomic E-state index is 13.9. The Balaban J connectivity index is 1.67. The Kier molecular flexibility index (Phi) is 5.63. The van der Waals surface area contributed by atoms with E-state index in [1.807, 2.05) is 38.1 Å². The largest absolute Gasteiger partial charge is 0.333 e. The Labute approximate surface area is 156 Å². The monoisotopic (exact) mass is 369 g/mol. The highest BCUT2D eigenvalue weighted by molar-refractivity contribution is 7.15. The van der Waals surface area contributed by atoms with Gasteiger partial charge in [-0.3, -0.25) is 0 Å². The molecule has 2 aromatic carbocycles. The van der Waals surface area contributed by atoms with Crippen molar-refractivity contribution in [3.63, 3.8) is 0 Å². The summed E-state index contributed by atoms with van der Waals surface area (Å²) in [6, 6.07) is 14.0. The van der Waals surface area contributed by atoms with Crippen molar-refractivity contribution < 1.29 is 9.18 Å². The van der Waals surface area contributed by atoms with Crippen LogP contribution in [0.15, 0.2) is 48.5 Å². The Bertz CT molecular complexity index is 923. The molecule has 0 radical (unpaired) electrons. The summed E-state index contributed by atoms with van der Waals surface area (Å²) in [6.07, 6.45) is 0.844. The van der Waals surface area contributed by atoms with Gasteiger partial charge in [0, 0.05) is 16.1 Å². The lowest BCUT2D eigenvalue weighted by Gasteiger charge is -2.10. The first-order valence-corrected chi connectivity index (χ1v) is 9.24. The van der Waals surface area contributed by atoms with Gasteiger partial charge in [0.05, 0.1) is 12.2 Å². The zero-order valence-corrected chi connectivity index (χ0v) is 15.5. The van der Waals surface area contributed by atoms with Crippen LogP contribution in [-0.2, 0) is 13.0 Å². The summed E-state index contributed by atoms with van der Waals surface area (Å²) >= 11 is 1.39. The fourth-order valence-electron chi connectivity index (χ4n) is 2.62. The van der Waals surface area contributed by atoms with Gasteiger partial charge in [-0.1, -0.05) is 37.3 Å². The molecule has 0 saturated heterocycles. The number of halogens is 1. The van der Waals surface area contributed by atoms with Crippen molar-refractivity contribution in [3.05, 3.63) is 70.5 Å². The number of urea groups is 1. The highest BCUT2D eigenvalue weighted by Crippen LogP contribution is 2.29. The SMILES string of the molecule is CCc1ccccc1NC(=O)NCc1sc(-c2ccccc2F)nc1C. The molecule has 0 aliphatic heterocycles. The van der Waals surface area contributed by atoms with E-state index in [1.54, 1.807) is 18.2 Å². The Morgan fingerprint density at radius 3 is 2.65 bits per heavy atom. The predicted octanol–water partition coefficient (Wildman–Crippen LogP) is 5.14. The lowest BCUT2D eigenvalue weighted by molar-refractivity contribution is 0.252. The zero-order chi connectivity index (χ0) is 18.5. The Hall–Kier alpha value is -2.73. The number of aryl methyl sites for hydroxylation is 2. The molecule has 134 valence electrons. The minimum absolute atomic E-state index is 0.272. The summed E-state index contributed by atoms with van der Waals surface area (Å²) in [5.41, 5.74) is 3.16. The quantitative estimate of drug-likeness (QED) is 0.654. The minimum Gasteiger partial charge on any atom is -0.333 e. The van der Waals surface area contributed by atoms with E-state index in [1.165, 1.54) is 17.4 Å². The number of nitrogens with zero attached hydrogens (tertiary/aromatic N) is 1. The highest BCUT2D eigenvalue weighted by atomic mass is 32.1. The number of rotatable bonds is 5. The molecule has 0 saturated carbocycles. The number of para-hydroxylation sites is 1. The van der Waals surface area contributed by atoms with Crippen LogP contribution < -0.4 is 10.6 Å². The number of anilines is 1. The first-order valence-electron chi connectivity index (χ1n) is 8.42. The van der Waals surface area contributed by atoms with Gasteiger partial charge in [-0.15, -0.1) is 11.3 Å². The molecule has 0 unspecified atom stereocenters. The van der Waals surface area contributed by atoms with Crippen LogP contribution in [0, 0.1) is 12.7 Å². The first-order chi connectivity index (χ1) is 12.6. The molecule has 1 heterocycles. The van der Waals surface area contributed by atoms with Gasteiger partial charge in [0.25, 0.3) is 0 Å². The van der Waals surface area contributed by atoms with Gasteiger partial charge in [0.2, 0.25) is 0 Å². The van der Waals surface area contributed by atoms with Crippen molar-refractivity contribution in [1.29, 1.82) is 0 Å². The standard InChI is InChI=1S/C20H20FN3OS/c1-3-14-8-4-7-11-17(14)24-20(25)22-12-18-13(2)23-19(26-18)15-9-5-6-10-16(15)21/h4-11H,3,12H2,1-2H3,(H2,22,24,25). The molecule has 2 N–H and O–H groups in total. The average Bonchev–Trinajstić information content (AvgIpc) is 3.01. The van der Waals surface area contributed by atoms with Crippen LogP contribution in [0.1, 0.15) is 23.1 Å². The fourth-order valence-corrected chi connectivity index (χ4v) is 3.65. The van der Waals surface area contributed by atoms with E-state index < -0.39 is 0 Å². The number of amides is 2.